The van der Waals surface area contributed by atoms with Crippen LogP contribution >= 0.6 is 0 Å². The maximum atomic E-state index is 12.7. The molecular formula is C20H30N2O5. The third-order valence-electron chi connectivity index (χ3n) is 3.92. The first-order chi connectivity index (χ1) is 12.4. The topological polar surface area (TPSA) is 105 Å². The van der Waals surface area contributed by atoms with Crippen molar-refractivity contribution in [1.82, 2.24) is 10.6 Å². The second kappa shape index (κ2) is 9.39. The summed E-state index contributed by atoms with van der Waals surface area (Å²) in [7, 11) is 0. The van der Waals surface area contributed by atoms with E-state index >= 15 is 0 Å². The Morgan fingerprint density at radius 3 is 2.00 bits per heavy atom. The molecule has 2 amide bonds. The zero-order chi connectivity index (χ0) is 20.8. The molecule has 0 aliphatic carbocycles. The summed E-state index contributed by atoms with van der Waals surface area (Å²) in [6, 6.07) is 7.21. The summed E-state index contributed by atoms with van der Waals surface area (Å²) >= 11 is 0. The van der Waals surface area contributed by atoms with E-state index in [0.29, 0.717) is 5.56 Å². The quantitative estimate of drug-likeness (QED) is 0.677. The van der Waals surface area contributed by atoms with Crippen LogP contribution in [0, 0.1) is 5.92 Å². The minimum Gasteiger partial charge on any atom is -0.481 e. The number of carbonyl (C=O) groups is 3. The van der Waals surface area contributed by atoms with Crippen molar-refractivity contribution in [3.63, 3.8) is 0 Å². The van der Waals surface area contributed by atoms with E-state index in [-0.39, 0.29) is 5.92 Å². The molecule has 3 N–H and O–H groups in total. The number of carbonyl (C=O) groups excluding carboxylic acids is 2. The van der Waals surface area contributed by atoms with Gasteiger partial charge in [0.15, 0.2) is 0 Å². The van der Waals surface area contributed by atoms with Crippen LogP contribution < -0.4 is 10.6 Å². The SMILES string of the molecule is CC(C)[C@H](NC(=O)OC(C)(C)C)C(=O)N[C@H](C)C(C(=O)O)c1ccccc1. The Hall–Kier alpha value is -2.57. The maximum absolute atomic E-state index is 12.7. The van der Waals surface area contributed by atoms with E-state index in [1.807, 2.05) is 0 Å². The molecule has 0 saturated heterocycles. The third-order valence-corrected chi connectivity index (χ3v) is 3.92. The van der Waals surface area contributed by atoms with Gasteiger partial charge in [0.1, 0.15) is 17.6 Å². The highest BCUT2D eigenvalue weighted by Gasteiger charge is 2.32. The Morgan fingerprint density at radius 2 is 1.56 bits per heavy atom. The van der Waals surface area contributed by atoms with Crippen LogP contribution in [0.4, 0.5) is 4.79 Å². The molecule has 0 heterocycles. The lowest BCUT2D eigenvalue weighted by Gasteiger charge is -2.28. The third kappa shape index (κ3) is 7.29. The Bertz CT molecular complexity index is 652. The van der Waals surface area contributed by atoms with Gasteiger partial charge in [-0.15, -0.1) is 0 Å². The molecule has 0 aliphatic rings. The van der Waals surface area contributed by atoms with Gasteiger partial charge in [0.05, 0.1) is 0 Å². The first kappa shape index (κ1) is 22.5. The first-order valence-corrected chi connectivity index (χ1v) is 9.00. The molecule has 0 fully saturated rings. The number of rotatable bonds is 7. The predicted molar refractivity (Wildman–Crippen MR) is 102 cm³/mol. The fraction of sp³-hybridized carbons (Fsp3) is 0.550. The van der Waals surface area contributed by atoms with Crippen molar-refractivity contribution in [2.75, 3.05) is 0 Å². The van der Waals surface area contributed by atoms with E-state index in [2.05, 4.69) is 10.6 Å². The number of hydrogen-bond acceptors (Lipinski definition) is 4. The molecule has 0 radical (unpaired) electrons. The highest BCUT2D eigenvalue weighted by molar-refractivity contribution is 5.87. The molecule has 0 spiro atoms. The van der Waals surface area contributed by atoms with Gasteiger partial charge in [0, 0.05) is 6.04 Å². The fourth-order valence-electron chi connectivity index (χ4n) is 2.67. The number of nitrogens with one attached hydrogen (secondary N) is 2. The van der Waals surface area contributed by atoms with Crippen LogP contribution in [0.15, 0.2) is 30.3 Å². The lowest BCUT2D eigenvalue weighted by Crippen LogP contribution is -2.53. The van der Waals surface area contributed by atoms with Crippen LogP contribution in [-0.2, 0) is 14.3 Å². The average molecular weight is 378 g/mol. The second-order valence-electron chi connectivity index (χ2n) is 7.89. The highest BCUT2D eigenvalue weighted by Crippen LogP contribution is 2.20. The van der Waals surface area contributed by atoms with Gasteiger partial charge in [0.2, 0.25) is 5.91 Å². The van der Waals surface area contributed by atoms with Crippen molar-refractivity contribution in [2.45, 2.75) is 65.1 Å². The number of aliphatic carboxylic acids is 1. The van der Waals surface area contributed by atoms with Gasteiger partial charge in [0.25, 0.3) is 0 Å². The zero-order valence-corrected chi connectivity index (χ0v) is 16.8. The van der Waals surface area contributed by atoms with Crippen molar-refractivity contribution in [2.24, 2.45) is 5.92 Å². The van der Waals surface area contributed by atoms with E-state index in [4.69, 9.17) is 4.74 Å². The van der Waals surface area contributed by atoms with Crippen molar-refractivity contribution < 1.29 is 24.2 Å². The summed E-state index contributed by atoms with van der Waals surface area (Å²) in [5.41, 5.74) is -0.0871. The van der Waals surface area contributed by atoms with E-state index in [1.54, 1.807) is 71.9 Å². The van der Waals surface area contributed by atoms with Crippen LogP contribution in [-0.4, -0.2) is 40.8 Å². The van der Waals surface area contributed by atoms with Crippen LogP contribution in [0.5, 0.6) is 0 Å². The smallest absolute Gasteiger partial charge is 0.408 e. The molecule has 1 rings (SSSR count). The number of alkyl carbamates (subject to hydrolysis) is 1. The Labute approximate surface area is 160 Å². The van der Waals surface area contributed by atoms with Crippen LogP contribution in [0.2, 0.25) is 0 Å². The molecule has 1 aromatic rings. The lowest BCUT2D eigenvalue weighted by molar-refractivity contribution is -0.139. The molecule has 0 bridgehead atoms. The van der Waals surface area contributed by atoms with E-state index < -0.39 is 41.6 Å². The number of carboxylic acid groups (broad SMARTS) is 1. The summed E-state index contributed by atoms with van der Waals surface area (Å²) in [5, 5.41) is 14.9. The van der Waals surface area contributed by atoms with Gasteiger partial charge in [-0.2, -0.15) is 0 Å². The van der Waals surface area contributed by atoms with E-state index in [0.717, 1.165) is 0 Å². The van der Waals surface area contributed by atoms with Gasteiger partial charge in [-0.25, -0.2) is 4.79 Å². The zero-order valence-electron chi connectivity index (χ0n) is 16.8. The Morgan fingerprint density at radius 1 is 1.00 bits per heavy atom. The number of hydrogen-bond donors (Lipinski definition) is 3. The van der Waals surface area contributed by atoms with Crippen molar-refractivity contribution in [3.8, 4) is 0 Å². The van der Waals surface area contributed by atoms with Crippen LogP contribution in [0.3, 0.4) is 0 Å². The summed E-state index contributed by atoms with van der Waals surface area (Å²) in [5.74, 6) is -2.59. The largest absolute Gasteiger partial charge is 0.481 e. The van der Waals surface area contributed by atoms with Gasteiger partial charge >= 0.3 is 12.1 Å². The Kier molecular flexibility index (Phi) is 7.82. The van der Waals surface area contributed by atoms with Crippen molar-refractivity contribution >= 4 is 18.0 Å². The molecule has 1 unspecified atom stereocenters. The summed E-state index contributed by atoms with van der Waals surface area (Å²) in [6.07, 6.45) is -0.693. The summed E-state index contributed by atoms with van der Waals surface area (Å²) < 4.78 is 5.20. The molecule has 27 heavy (non-hydrogen) atoms. The average Bonchev–Trinajstić information content (AvgIpc) is 2.51. The van der Waals surface area contributed by atoms with Crippen molar-refractivity contribution in [1.29, 1.82) is 0 Å². The molecule has 150 valence electrons. The van der Waals surface area contributed by atoms with Gasteiger partial charge in [-0.3, -0.25) is 9.59 Å². The number of ether oxygens (including phenoxy) is 1. The first-order valence-electron chi connectivity index (χ1n) is 9.00. The normalized spacial score (nSPS) is 14.8. The number of amides is 2. The minimum absolute atomic E-state index is 0.204. The molecule has 3 atom stereocenters. The van der Waals surface area contributed by atoms with Crippen molar-refractivity contribution in [3.05, 3.63) is 35.9 Å². The van der Waals surface area contributed by atoms with E-state index in [9.17, 15) is 19.5 Å². The van der Waals surface area contributed by atoms with E-state index in [1.165, 1.54) is 0 Å². The molecule has 0 aromatic heterocycles. The number of benzene rings is 1. The molecular weight excluding hydrogens is 348 g/mol. The summed E-state index contributed by atoms with van der Waals surface area (Å²) in [4.78, 5) is 36.4. The van der Waals surface area contributed by atoms with Crippen LogP contribution in [0.1, 0.15) is 53.0 Å². The number of carboxylic acids is 1. The fourth-order valence-corrected chi connectivity index (χ4v) is 2.67. The standard InChI is InChI=1S/C20H30N2O5/c1-12(2)16(22-19(26)27-20(4,5)6)17(23)21-13(3)15(18(24)25)14-10-8-7-9-11-14/h7-13,15-16H,1-6H3,(H,21,23)(H,22,26)(H,24,25)/t13-,15?,16+/m1/s1. The minimum atomic E-state index is -1.03. The van der Waals surface area contributed by atoms with Gasteiger partial charge < -0.3 is 20.5 Å². The van der Waals surface area contributed by atoms with Gasteiger partial charge in [-0.05, 0) is 39.2 Å². The van der Waals surface area contributed by atoms with Gasteiger partial charge in [-0.1, -0.05) is 44.2 Å². The predicted octanol–water partition coefficient (Wildman–Crippen LogP) is 2.91. The summed E-state index contributed by atoms with van der Waals surface area (Å²) in [6.45, 7) is 10.4. The molecule has 0 aliphatic heterocycles. The molecule has 7 nitrogen and oxygen atoms in total. The highest BCUT2D eigenvalue weighted by atomic mass is 16.6. The molecule has 1 aromatic carbocycles. The Balaban J connectivity index is 2.87. The molecule has 7 heteroatoms. The maximum Gasteiger partial charge on any atom is 0.408 e. The van der Waals surface area contributed by atoms with Crippen LogP contribution in [0.25, 0.3) is 0 Å². The lowest BCUT2D eigenvalue weighted by atomic mass is 9.92. The second-order valence-corrected chi connectivity index (χ2v) is 7.89. The monoisotopic (exact) mass is 378 g/mol. The molecule has 0 saturated carbocycles.